The number of benzene rings is 2. The summed E-state index contributed by atoms with van der Waals surface area (Å²) in [4.78, 5) is 22.3. The third kappa shape index (κ3) is 5.32. The number of para-hydroxylation sites is 1. The number of pyridine rings is 2. The summed E-state index contributed by atoms with van der Waals surface area (Å²) in [5.41, 5.74) is 2.47. The lowest BCUT2D eigenvalue weighted by Gasteiger charge is -2.13. The van der Waals surface area contributed by atoms with Crippen LogP contribution in [0.15, 0.2) is 71.9 Å². The zero-order valence-corrected chi connectivity index (χ0v) is 21.6. The molecule has 4 aromatic rings. The van der Waals surface area contributed by atoms with E-state index in [0.717, 1.165) is 0 Å². The van der Waals surface area contributed by atoms with Crippen LogP contribution in [0.2, 0.25) is 0 Å². The second kappa shape index (κ2) is 10.6. The highest BCUT2D eigenvalue weighted by Gasteiger charge is 2.21. The zero-order chi connectivity index (χ0) is 26.6. The number of methoxy groups -OCH3 is 1. The second-order valence-corrected chi connectivity index (χ2v) is 9.79. The molecular weight excluding hydrogens is 490 g/mol. The van der Waals surface area contributed by atoms with E-state index >= 15 is 0 Å². The molecule has 10 heteroatoms. The number of carbonyl (C=O) groups excluding carboxylic acids is 1. The van der Waals surface area contributed by atoms with E-state index in [-0.39, 0.29) is 16.5 Å². The smallest absolute Gasteiger partial charge is 0.274 e. The highest BCUT2D eigenvalue weighted by Crippen LogP contribution is 2.30. The van der Waals surface area contributed by atoms with Gasteiger partial charge in [-0.15, -0.1) is 0 Å². The fourth-order valence-electron chi connectivity index (χ4n) is 3.64. The summed E-state index contributed by atoms with van der Waals surface area (Å²) in [6.45, 7) is 0. The average molecular weight is 516 g/mol. The van der Waals surface area contributed by atoms with Crippen molar-refractivity contribution in [1.29, 1.82) is 0 Å². The molecule has 188 valence electrons. The molecule has 0 aliphatic carbocycles. The monoisotopic (exact) mass is 515 g/mol. The van der Waals surface area contributed by atoms with Crippen molar-refractivity contribution < 1.29 is 17.9 Å². The Morgan fingerprint density at radius 2 is 1.78 bits per heavy atom. The van der Waals surface area contributed by atoms with E-state index in [1.807, 2.05) is 0 Å². The molecule has 2 aromatic carbocycles. The Labute approximate surface area is 215 Å². The van der Waals surface area contributed by atoms with Gasteiger partial charge in [0.2, 0.25) is 0 Å². The van der Waals surface area contributed by atoms with Gasteiger partial charge >= 0.3 is 0 Å². The van der Waals surface area contributed by atoms with Gasteiger partial charge in [0.25, 0.3) is 15.9 Å². The van der Waals surface area contributed by atoms with Crippen LogP contribution in [0, 0.1) is 11.8 Å². The molecule has 37 heavy (non-hydrogen) atoms. The van der Waals surface area contributed by atoms with E-state index < -0.39 is 10.0 Å². The number of amides is 1. The number of nitrogens with zero attached hydrogens (tertiary/aromatic N) is 3. The average Bonchev–Trinajstić information content (AvgIpc) is 2.91. The number of nitrogens with one attached hydrogen (secondary N) is 2. The minimum atomic E-state index is -4.00. The maximum Gasteiger partial charge on any atom is 0.274 e. The van der Waals surface area contributed by atoms with Crippen molar-refractivity contribution in [1.82, 2.24) is 14.9 Å². The quantitative estimate of drug-likeness (QED) is 0.377. The first-order valence-electron chi connectivity index (χ1n) is 11.2. The minimum absolute atomic E-state index is 0.0238. The number of anilines is 2. The first-order chi connectivity index (χ1) is 17.7. The number of hydrogen-bond acceptors (Lipinski definition) is 7. The van der Waals surface area contributed by atoms with Gasteiger partial charge in [-0.1, -0.05) is 24.0 Å². The molecule has 0 fully saturated rings. The van der Waals surface area contributed by atoms with Crippen LogP contribution in [0.5, 0.6) is 5.75 Å². The summed E-state index contributed by atoms with van der Waals surface area (Å²) in [6.07, 6.45) is 3.04. The van der Waals surface area contributed by atoms with E-state index in [0.29, 0.717) is 39.2 Å². The van der Waals surface area contributed by atoms with Crippen LogP contribution < -0.4 is 14.8 Å². The lowest BCUT2D eigenvalue weighted by atomic mass is 10.1. The van der Waals surface area contributed by atoms with Crippen LogP contribution in [-0.4, -0.2) is 57.4 Å². The molecule has 2 aromatic heterocycles. The van der Waals surface area contributed by atoms with E-state index in [2.05, 4.69) is 31.8 Å². The van der Waals surface area contributed by atoms with Gasteiger partial charge < -0.3 is 15.0 Å². The Morgan fingerprint density at radius 3 is 2.51 bits per heavy atom. The van der Waals surface area contributed by atoms with Crippen LogP contribution in [-0.2, 0) is 10.0 Å². The van der Waals surface area contributed by atoms with Crippen LogP contribution >= 0.6 is 0 Å². The minimum Gasteiger partial charge on any atom is -0.496 e. The molecule has 4 rings (SSSR count). The number of sulfonamides is 1. The number of ether oxygens (including phenoxy) is 1. The summed E-state index contributed by atoms with van der Waals surface area (Å²) < 4.78 is 34.8. The maximum atomic E-state index is 13.4. The SMILES string of the molecule is CNc1cc(C#Cc2ccccc2NS(=O)(=O)c2ccc(OC)c3cccnc23)cnc1C(=O)N(C)C. The summed E-state index contributed by atoms with van der Waals surface area (Å²) >= 11 is 0. The second-order valence-electron chi connectivity index (χ2n) is 8.14. The fraction of sp³-hybridized carbons (Fsp3) is 0.148. The van der Waals surface area contributed by atoms with Gasteiger partial charge in [0.15, 0.2) is 5.69 Å². The molecule has 0 saturated heterocycles. The summed E-state index contributed by atoms with van der Waals surface area (Å²) in [7, 11) is 2.52. The Bertz CT molecular complexity index is 1660. The molecule has 1 amide bonds. The van der Waals surface area contributed by atoms with Gasteiger partial charge in [-0.3, -0.25) is 14.5 Å². The number of carbonyl (C=O) groups is 1. The molecule has 2 N–H and O–H groups in total. The Hall–Kier alpha value is -4.62. The number of hydrogen-bond donors (Lipinski definition) is 2. The van der Waals surface area contributed by atoms with Crippen molar-refractivity contribution in [2.75, 3.05) is 38.3 Å². The number of fused-ring (bicyclic) bond motifs is 1. The summed E-state index contributed by atoms with van der Waals surface area (Å²) in [5.74, 6) is 6.30. The lowest BCUT2D eigenvalue weighted by Crippen LogP contribution is -2.23. The van der Waals surface area contributed by atoms with Gasteiger partial charge in [-0.05, 0) is 42.5 Å². The topological polar surface area (TPSA) is 114 Å². The third-order valence-electron chi connectivity index (χ3n) is 5.48. The molecule has 0 radical (unpaired) electrons. The Morgan fingerprint density at radius 1 is 1.00 bits per heavy atom. The van der Waals surface area contributed by atoms with E-state index in [9.17, 15) is 13.2 Å². The van der Waals surface area contributed by atoms with Gasteiger partial charge in [0.05, 0.1) is 24.0 Å². The molecule has 0 spiro atoms. The summed E-state index contributed by atoms with van der Waals surface area (Å²) in [5, 5.41) is 3.56. The van der Waals surface area contributed by atoms with Crippen molar-refractivity contribution in [2.24, 2.45) is 0 Å². The molecular formula is C27H25N5O4S. The Balaban J connectivity index is 1.69. The van der Waals surface area contributed by atoms with Crippen molar-refractivity contribution >= 4 is 38.2 Å². The molecule has 0 aliphatic heterocycles. The van der Waals surface area contributed by atoms with Crippen LogP contribution in [0.4, 0.5) is 11.4 Å². The van der Waals surface area contributed by atoms with E-state index in [1.165, 1.54) is 30.5 Å². The molecule has 9 nitrogen and oxygen atoms in total. The van der Waals surface area contributed by atoms with Crippen LogP contribution in [0.3, 0.4) is 0 Å². The fourth-order valence-corrected chi connectivity index (χ4v) is 4.88. The van der Waals surface area contributed by atoms with Crippen molar-refractivity contribution in [3.8, 4) is 17.6 Å². The standard InChI is InChI=1S/C27H25N5O4S/c1-28-22-16-18(17-30-26(22)27(33)32(2)3)11-12-19-8-5-6-10-21(19)31-37(34,35)24-14-13-23(36-4)20-9-7-15-29-25(20)24/h5-10,13-17,28,31H,1-4H3. The highest BCUT2D eigenvalue weighted by molar-refractivity contribution is 7.93. The van der Waals surface area contributed by atoms with Crippen molar-refractivity contribution in [3.05, 3.63) is 83.8 Å². The van der Waals surface area contributed by atoms with Gasteiger partial charge in [0, 0.05) is 50.0 Å². The molecule has 0 saturated carbocycles. The van der Waals surface area contributed by atoms with Crippen LogP contribution in [0.25, 0.3) is 10.9 Å². The molecule has 0 bridgehead atoms. The number of rotatable bonds is 6. The third-order valence-corrected chi connectivity index (χ3v) is 6.88. The number of aromatic nitrogens is 2. The molecule has 0 unspecified atom stereocenters. The zero-order valence-electron chi connectivity index (χ0n) is 20.7. The predicted octanol–water partition coefficient (Wildman–Crippen LogP) is 3.58. The van der Waals surface area contributed by atoms with Gasteiger partial charge in [-0.25, -0.2) is 13.4 Å². The van der Waals surface area contributed by atoms with Crippen molar-refractivity contribution in [2.45, 2.75) is 4.90 Å². The lowest BCUT2D eigenvalue weighted by molar-refractivity contribution is 0.0823. The van der Waals surface area contributed by atoms with Crippen LogP contribution in [0.1, 0.15) is 21.6 Å². The molecule has 0 atom stereocenters. The first kappa shape index (κ1) is 25.5. The van der Waals surface area contributed by atoms with Crippen molar-refractivity contribution in [3.63, 3.8) is 0 Å². The first-order valence-corrected chi connectivity index (χ1v) is 12.7. The molecule has 0 aliphatic rings. The normalized spacial score (nSPS) is 10.8. The van der Waals surface area contributed by atoms with Gasteiger partial charge in [0.1, 0.15) is 10.6 Å². The van der Waals surface area contributed by atoms with E-state index in [4.69, 9.17) is 4.74 Å². The largest absolute Gasteiger partial charge is 0.496 e. The van der Waals surface area contributed by atoms with Gasteiger partial charge in [-0.2, -0.15) is 0 Å². The predicted molar refractivity (Wildman–Crippen MR) is 143 cm³/mol. The highest BCUT2D eigenvalue weighted by atomic mass is 32.2. The summed E-state index contributed by atoms with van der Waals surface area (Å²) in [6, 6.07) is 15.1. The molecule has 2 heterocycles. The maximum absolute atomic E-state index is 13.4. The Kier molecular flexibility index (Phi) is 7.27. The van der Waals surface area contributed by atoms with E-state index in [1.54, 1.807) is 69.7 Å².